The SMILES string of the molecule is CC(Oc1cccc(F)c1)C(=O)N1CCC(CN)C1.Cl. The number of amides is 1. The van der Waals surface area contributed by atoms with Crippen molar-refractivity contribution < 1.29 is 13.9 Å². The lowest BCUT2D eigenvalue weighted by atomic mass is 10.1. The Labute approximate surface area is 124 Å². The molecular weight excluding hydrogens is 283 g/mol. The Bertz CT molecular complexity index is 459. The van der Waals surface area contributed by atoms with Crippen LogP contribution in [0.4, 0.5) is 4.39 Å². The molecule has 2 atom stereocenters. The lowest BCUT2D eigenvalue weighted by Crippen LogP contribution is -2.39. The van der Waals surface area contributed by atoms with Gasteiger partial charge in [-0.3, -0.25) is 4.79 Å². The van der Waals surface area contributed by atoms with Crippen LogP contribution >= 0.6 is 12.4 Å². The Balaban J connectivity index is 0.00000200. The van der Waals surface area contributed by atoms with Crippen molar-refractivity contribution >= 4 is 18.3 Å². The number of likely N-dealkylation sites (tertiary alicyclic amines) is 1. The largest absolute Gasteiger partial charge is 0.481 e. The van der Waals surface area contributed by atoms with Gasteiger partial charge in [-0.05, 0) is 37.9 Å². The number of halogens is 2. The maximum Gasteiger partial charge on any atom is 0.263 e. The summed E-state index contributed by atoms with van der Waals surface area (Å²) >= 11 is 0. The van der Waals surface area contributed by atoms with Gasteiger partial charge in [-0.25, -0.2) is 4.39 Å². The molecule has 6 heteroatoms. The van der Waals surface area contributed by atoms with Crippen molar-refractivity contribution in [3.05, 3.63) is 30.1 Å². The molecule has 4 nitrogen and oxygen atoms in total. The minimum atomic E-state index is -0.613. The van der Waals surface area contributed by atoms with Gasteiger partial charge in [-0.15, -0.1) is 12.4 Å². The van der Waals surface area contributed by atoms with Gasteiger partial charge in [0.1, 0.15) is 11.6 Å². The van der Waals surface area contributed by atoms with Gasteiger partial charge < -0.3 is 15.4 Å². The highest BCUT2D eigenvalue weighted by molar-refractivity contribution is 5.85. The van der Waals surface area contributed by atoms with Crippen molar-refractivity contribution in [3.63, 3.8) is 0 Å². The van der Waals surface area contributed by atoms with Crippen molar-refractivity contribution in [2.75, 3.05) is 19.6 Å². The number of rotatable bonds is 4. The van der Waals surface area contributed by atoms with Crippen LogP contribution in [0.3, 0.4) is 0 Å². The first-order valence-electron chi connectivity index (χ1n) is 6.51. The summed E-state index contributed by atoms with van der Waals surface area (Å²) in [5.41, 5.74) is 5.60. The van der Waals surface area contributed by atoms with Crippen LogP contribution in [0.5, 0.6) is 5.75 Å². The van der Waals surface area contributed by atoms with Crippen LogP contribution in [0.15, 0.2) is 24.3 Å². The maximum atomic E-state index is 13.0. The molecule has 2 rings (SSSR count). The summed E-state index contributed by atoms with van der Waals surface area (Å²) in [7, 11) is 0. The van der Waals surface area contributed by atoms with Crippen molar-refractivity contribution in [1.29, 1.82) is 0 Å². The van der Waals surface area contributed by atoms with E-state index in [9.17, 15) is 9.18 Å². The number of carbonyl (C=O) groups excluding carboxylic acids is 1. The molecule has 0 radical (unpaired) electrons. The van der Waals surface area contributed by atoms with E-state index in [1.165, 1.54) is 12.1 Å². The minimum Gasteiger partial charge on any atom is -0.481 e. The first-order chi connectivity index (χ1) is 9.10. The van der Waals surface area contributed by atoms with E-state index in [0.29, 0.717) is 24.8 Å². The number of carbonyl (C=O) groups is 1. The average molecular weight is 303 g/mol. The third kappa shape index (κ3) is 4.08. The van der Waals surface area contributed by atoms with Crippen LogP contribution in [-0.2, 0) is 4.79 Å². The van der Waals surface area contributed by atoms with Gasteiger partial charge in [0.15, 0.2) is 6.10 Å². The van der Waals surface area contributed by atoms with Crippen LogP contribution in [0.1, 0.15) is 13.3 Å². The summed E-state index contributed by atoms with van der Waals surface area (Å²) in [6.45, 7) is 3.69. The van der Waals surface area contributed by atoms with E-state index in [0.717, 1.165) is 13.0 Å². The zero-order valence-electron chi connectivity index (χ0n) is 11.4. The zero-order chi connectivity index (χ0) is 13.8. The Hall–Kier alpha value is -1.33. The van der Waals surface area contributed by atoms with Crippen molar-refractivity contribution in [2.24, 2.45) is 11.7 Å². The molecule has 0 spiro atoms. The van der Waals surface area contributed by atoms with Gasteiger partial charge in [-0.2, -0.15) is 0 Å². The normalized spacial score (nSPS) is 19.4. The van der Waals surface area contributed by atoms with E-state index >= 15 is 0 Å². The molecule has 112 valence electrons. The second-order valence-electron chi connectivity index (χ2n) is 4.89. The minimum absolute atomic E-state index is 0. The van der Waals surface area contributed by atoms with E-state index < -0.39 is 6.10 Å². The van der Waals surface area contributed by atoms with Crippen molar-refractivity contribution in [3.8, 4) is 5.75 Å². The van der Waals surface area contributed by atoms with Gasteiger partial charge in [0.25, 0.3) is 5.91 Å². The molecule has 2 N–H and O–H groups in total. The highest BCUT2D eigenvalue weighted by atomic mass is 35.5. The molecule has 0 bridgehead atoms. The number of ether oxygens (including phenoxy) is 1. The molecule has 0 aromatic heterocycles. The van der Waals surface area contributed by atoms with Crippen molar-refractivity contribution in [2.45, 2.75) is 19.4 Å². The van der Waals surface area contributed by atoms with E-state index in [-0.39, 0.29) is 24.1 Å². The molecule has 1 heterocycles. The molecular formula is C14H20ClFN2O2. The molecule has 0 saturated carbocycles. The third-order valence-corrected chi connectivity index (χ3v) is 3.39. The fraction of sp³-hybridized carbons (Fsp3) is 0.500. The number of hydrogen-bond acceptors (Lipinski definition) is 3. The first-order valence-corrected chi connectivity index (χ1v) is 6.51. The van der Waals surface area contributed by atoms with E-state index in [1.807, 2.05) is 0 Å². The average Bonchev–Trinajstić information content (AvgIpc) is 2.86. The topological polar surface area (TPSA) is 55.6 Å². The maximum absolute atomic E-state index is 13.0. The Morgan fingerprint density at radius 1 is 1.60 bits per heavy atom. The van der Waals surface area contributed by atoms with Gasteiger partial charge in [0.2, 0.25) is 0 Å². The number of nitrogens with zero attached hydrogens (tertiary/aromatic N) is 1. The molecule has 1 saturated heterocycles. The predicted octanol–water partition coefficient (Wildman–Crippen LogP) is 1.82. The molecule has 20 heavy (non-hydrogen) atoms. The molecule has 1 fully saturated rings. The molecule has 0 aliphatic carbocycles. The van der Waals surface area contributed by atoms with Crippen LogP contribution in [0, 0.1) is 11.7 Å². The molecule has 2 unspecified atom stereocenters. The van der Waals surface area contributed by atoms with Gasteiger partial charge >= 0.3 is 0 Å². The molecule has 1 aliphatic rings. The van der Waals surface area contributed by atoms with Crippen LogP contribution in [-0.4, -0.2) is 36.5 Å². The predicted molar refractivity (Wildman–Crippen MR) is 77.5 cm³/mol. The van der Waals surface area contributed by atoms with Crippen LogP contribution < -0.4 is 10.5 Å². The van der Waals surface area contributed by atoms with Gasteiger partial charge in [0, 0.05) is 19.2 Å². The number of hydrogen-bond donors (Lipinski definition) is 1. The Morgan fingerprint density at radius 3 is 2.95 bits per heavy atom. The van der Waals surface area contributed by atoms with E-state index in [1.54, 1.807) is 24.0 Å². The van der Waals surface area contributed by atoms with E-state index in [2.05, 4.69) is 0 Å². The second kappa shape index (κ2) is 7.45. The lowest BCUT2D eigenvalue weighted by Gasteiger charge is -2.21. The van der Waals surface area contributed by atoms with E-state index in [4.69, 9.17) is 10.5 Å². The summed E-state index contributed by atoms with van der Waals surface area (Å²) in [5, 5.41) is 0. The fourth-order valence-corrected chi connectivity index (χ4v) is 2.28. The number of nitrogens with two attached hydrogens (primary N) is 1. The molecule has 1 aromatic rings. The fourth-order valence-electron chi connectivity index (χ4n) is 2.28. The number of benzene rings is 1. The van der Waals surface area contributed by atoms with Crippen molar-refractivity contribution in [1.82, 2.24) is 4.90 Å². The highest BCUT2D eigenvalue weighted by Gasteiger charge is 2.29. The smallest absolute Gasteiger partial charge is 0.263 e. The van der Waals surface area contributed by atoms with Crippen LogP contribution in [0.25, 0.3) is 0 Å². The van der Waals surface area contributed by atoms with Crippen LogP contribution in [0.2, 0.25) is 0 Å². The molecule has 1 aromatic carbocycles. The summed E-state index contributed by atoms with van der Waals surface area (Å²) in [4.78, 5) is 13.9. The Morgan fingerprint density at radius 2 is 2.35 bits per heavy atom. The Kier molecular flexibility index (Phi) is 6.23. The summed E-state index contributed by atoms with van der Waals surface area (Å²) in [6, 6.07) is 5.81. The lowest BCUT2D eigenvalue weighted by molar-refractivity contribution is -0.137. The quantitative estimate of drug-likeness (QED) is 0.923. The second-order valence-corrected chi connectivity index (χ2v) is 4.89. The first kappa shape index (κ1) is 16.7. The monoisotopic (exact) mass is 302 g/mol. The zero-order valence-corrected chi connectivity index (χ0v) is 12.2. The summed E-state index contributed by atoms with van der Waals surface area (Å²) in [6.07, 6.45) is 0.327. The molecule has 1 amide bonds. The third-order valence-electron chi connectivity index (χ3n) is 3.39. The summed E-state index contributed by atoms with van der Waals surface area (Å²) in [5.74, 6) is 0.308. The van der Waals surface area contributed by atoms with Gasteiger partial charge in [0.05, 0.1) is 0 Å². The van der Waals surface area contributed by atoms with Gasteiger partial charge in [-0.1, -0.05) is 6.07 Å². The highest BCUT2D eigenvalue weighted by Crippen LogP contribution is 2.18. The standard InChI is InChI=1S/C14H19FN2O2.ClH/c1-10(19-13-4-2-3-12(15)7-13)14(18)17-6-5-11(8-16)9-17;/h2-4,7,10-11H,5-6,8-9,16H2,1H3;1H. The summed E-state index contributed by atoms with van der Waals surface area (Å²) < 4.78 is 18.5. The molecule has 1 aliphatic heterocycles.